The summed E-state index contributed by atoms with van der Waals surface area (Å²) in [6, 6.07) is 17.5. The molecule has 168 valence electrons. The Hall–Kier alpha value is -3.03. The van der Waals surface area contributed by atoms with Crippen molar-refractivity contribution in [3.63, 3.8) is 0 Å². The van der Waals surface area contributed by atoms with E-state index in [0.717, 1.165) is 16.7 Å². The van der Waals surface area contributed by atoms with Crippen LogP contribution in [0.25, 0.3) is 0 Å². The van der Waals surface area contributed by atoms with E-state index in [1.54, 1.807) is 42.5 Å². The summed E-state index contributed by atoms with van der Waals surface area (Å²) in [6.07, 6.45) is 1.19. The van der Waals surface area contributed by atoms with Crippen molar-refractivity contribution in [3.8, 4) is 5.75 Å². The smallest absolute Gasteiger partial charge is 0.255 e. The number of aryl methyl sites for hydroxylation is 2. The summed E-state index contributed by atoms with van der Waals surface area (Å²) in [7, 11) is -2.00. The predicted molar refractivity (Wildman–Crippen MR) is 129 cm³/mol. The van der Waals surface area contributed by atoms with Crippen LogP contribution in [-0.4, -0.2) is 27.7 Å². The van der Waals surface area contributed by atoms with Gasteiger partial charge in [-0.2, -0.15) is 0 Å². The molecule has 3 aromatic rings. The van der Waals surface area contributed by atoms with E-state index in [1.807, 2.05) is 32.0 Å². The molecule has 6 nitrogen and oxygen atoms in total. The summed E-state index contributed by atoms with van der Waals surface area (Å²) in [5, 5.41) is 3.26. The molecule has 0 aliphatic carbocycles. The fraction of sp³-hybridized carbons (Fsp3) is 0.208. The highest BCUT2D eigenvalue weighted by Gasteiger charge is 2.20. The molecule has 0 atom stereocenters. The molecule has 0 bridgehead atoms. The number of hydrogen-bond donors (Lipinski definition) is 1. The maximum atomic E-state index is 12.7. The van der Waals surface area contributed by atoms with Crippen LogP contribution >= 0.6 is 11.6 Å². The van der Waals surface area contributed by atoms with Crippen molar-refractivity contribution in [2.45, 2.75) is 20.4 Å². The van der Waals surface area contributed by atoms with Gasteiger partial charge in [-0.1, -0.05) is 35.9 Å². The Bertz CT molecular complexity index is 1240. The highest BCUT2D eigenvalue weighted by molar-refractivity contribution is 7.92. The predicted octanol–water partition coefficient (Wildman–Crippen LogP) is 5.18. The van der Waals surface area contributed by atoms with Crippen LogP contribution < -0.4 is 14.4 Å². The quantitative estimate of drug-likeness (QED) is 0.513. The number of anilines is 2. The van der Waals surface area contributed by atoms with E-state index in [9.17, 15) is 13.2 Å². The first-order chi connectivity index (χ1) is 15.1. The lowest BCUT2D eigenvalue weighted by molar-refractivity contribution is 0.102. The van der Waals surface area contributed by atoms with Gasteiger partial charge in [0.2, 0.25) is 10.0 Å². The summed E-state index contributed by atoms with van der Waals surface area (Å²) < 4.78 is 31.6. The fourth-order valence-electron chi connectivity index (χ4n) is 3.27. The number of benzene rings is 3. The Morgan fingerprint density at radius 3 is 2.34 bits per heavy atom. The maximum absolute atomic E-state index is 12.7. The minimum absolute atomic E-state index is 0.160. The normalized spacial score (nSPS) is 11.2. The van der Waals surface area contributed by atoms with Crippen LogP contribution in [0.1, 0.15) is 27.0 Å². The fourth-order valence-corrected chi connectivity index (χ4v) is 4.38. The van der Waals surface area contributed by atoms with Gasteiger partial charge in [0.1, 0.15) is 5.75 Å². The first kappa shape index (κ1) is 23.6. The Balaban J connectivity index is 1.82. The number of hydrogen-bond acceptors (Lipinski definition) is 4. The summed E-state index contributed by atoms with van der Waals surface area (Å²) in [5.41, 5.74) is 4.13. The zero-order valence-electron chi connectivity index (χ0n) is 18.3. The van der Waals surface area contributed by atoms with E-state index in [0.29, 0.717) is 27.7 Å². The molecule has 0 spiro atoms. The number of carbonyl (C=O) groups excluding carboxylic acids is 1. The second-order valence-corrected chi connectivity index (χ2v) is 9.90. The summed E-state index contributed by atoms with van der Waals surface area (Å²) in [6.45, 7) is 3.96. The van der Waals surface area contributed by atoms with E-state index in [1.165, 1.54) is 17.7 Å². The molecule has 1 amide bonds. The Morgan fingerprint density at radius 2 is 1.72 bits per heavy atom. The van der Waals surface area contributed by atoms with Crippen molar-refractivity contribution in [1.29, 1.82) is 0 Å². The second-order valence-electron chi connectivity index (χ2n) is 7.56. The maximum Gasteiger partial charge on any atom is 0.255 e. The van der Waals surface area contributed by atoms with Crippen molar-refractivity contribution in [2.75, 3.05) is 23.0 Å². The molecule has 3 rings (SSSR count). The highest BCUT2D eigenvalue weighted by Crippen LogP contribution is 2.29. The Labute approximate surface area is 193 Å². The van der Waals surface area contributed by atoms with Gasteiger partial charge in [0.05, 0.1) is 31.3 Å². The minimum Gasteiger partial charge on any atom is -0.495 e. The van der Waals surface area contributed by atoms with Crippen LogP contribution in [0.15, 0.2) is 60.7 Å². The molecule has 3 aromatic carbocycles. The molecule has 0 fully saturated rings. The van der Waals surface area contributed by atoms with E-state index < -0.39 is 10.0 Å². The van der Waals surface area contributed by atoms with Crippen LogP contribution in [0.4, 0.5) is 11.4 Å². The van der Waals surface area contributed by atoms with E-state index in [-0.39, 0.29) is 12.5 Å². The van der Waals surface area contributed by atoms with Gasteiger partial charge in [-0.3, -0.25) is 9.10 Å². The number of nitrogens with one attached hydrogen (secondary N) is 1. The van der Waals surface area contributed by atoms with Crippen LogP contribution in [0.2, 0.25) is 5.02 Å². The van der Waals surface area contributed by atoms with Crippen LogP contribution in [0, 0.1) is 13.8 Å². The average molecular weight is 473 g/mol. The topological polar surface area (TPSA) is 75.7 Å². The minimum atomic E-state index is -3.51. The van der Waals surface area contributed by atoms with Crippen molar-refractivity contribution >= 4 is 38.9 Å². The molecule has 32 heavy (non-hydrogen) atoms. The number of methoxy groups -OCH3 is 1. The molecule has 8 heteroatoms. The Kier molecular flexibility index (Phi) is 7.11. The second kappa shape index (κ2) is 9.63. The average Bonchev–Trinajstić information content (AvgIpc) is 2.73. The third-order valence-electron chi connectivity index (χ3n) is 4.99. The number of carbonyl (C=O) groups is 1. The monoisotopic (exact) mass is 472 g/mol. The van der Waals surface area contributed by atoms with Gasteiger partial charge in [-0.25, -0.2) is 8.42 Å². The molecule has 0 aliphatic heterocycles. The third-order valence-corrected chi connectivity index (χ3v) is 6.35. The highest BCUT2D eigenvalue weighted by atomic mass is 35.5. The van der Waals surface area contributed by atoms with Crippen LogP contribution in [0.5, 0.6) is 5.75 Å². The molecule has 0 radical (unpaired) electrons. The molecular weight excluding hydrogens is 448 g/mol. The zero-order chi connectivity index (χ0) is 23.5. The third kappa shape index (κ3) is 5.60. The van der Waals surface area contributed by atoms with Gasteiger partial charge in [-0.15, -0.1) is 0 Å². The van der Waals surface area contributed by atoms with Crippen molar-refractivity contribution in [3.05, 3.63) is 87.9 Å². The summed E-state index contributed by atoms with van der Waals surface area (Å²) in [4.78, 5) is 12.7. The van der Waals surface area contributed by atoms with Gasteiger partial charge in [-0.05, 0) is 66.9 Å². The molecule has 0 aliphatic rings. The molecule has 0 saturated heterocycles. The lowest BCUT2D eigenvalue weighted by atomic mass is 10.1. The number of ether oxygens (including phenoxy) is 1. The zero-order valence-corrected chi connectivity index (χ0v) is 19.9. The van der Waals surface area contributed by atoms with Crippen LogP contribution in [-0.2, 0) is 16.6 Å². The van der Waals surface area contributed by atoms with E-state index >= 15 is 0 Å². The number of halogens is 1. The van der Waals surface area contributed by atoms with E-state index in [2.05, 4.69) is 5.32 Å². The van der Waals surface area contributed by atoms with Crippen molar-refractivity contribution in [2.24, 2.45) is 0 Å². The molecule has 0 unspecified atom stereocenters. The number of nitrogens with zero attached hydrogens (tertiary/aromatic N) is 1. The lowest BCUT2D eigenvalue weighted by Gasteiger charge is -2.25. The van der Waals surface area contributed by atoms with Crippen LogP contribution in [0.3, 0.4) is 0 Å². The van der Waals surface area contributed by atoms with Gasteiger partial charge >= 0.3 is 0 Å². The van der Waals surface area contributed by atoms with Gasteiger partial charge in [0.15, 0.2) is 0 Å². The van der Waals surface area contributed by atoms with Gasteiger partial charge in [0, 0.05) is 10.6 Å². The summed E-state index contributed by atoms with van der Waals surface area (Å²) in [5.74, 6) is 0.170. The first-order valence-corrected chi connectivity index (χ1v) is 12.1. The number of amides is 1. The van der Waals surface area contributed by atoms with Crippen molar-refractivity contribution < 1.29 is 17.9 Å². The van der Waals surface area contributed by atoms with Gasteiger partial charge < -0.3 is 10.1 Å². The Morgan fingerprint density at radius 1 is 1.03 bits per heavy atom. The number of rotatable bonds is 7. The van der Waals surface area contributed by atoms with Crippen molar-refractivity contribution in [1.82, 2.24) is 0 Å². The first-order valence-electron chi connectivity index (χ1n) is 9.87. The van der Waals surface area contributed by atoms with Gasteiger partial charge in [0.25, 0.3) is 5.91 Å². The standard InChI is InChI=1S/C24H25ClN2O4S/c1-16-5-6-17(2)22(13-16)27(32(4,29)30)15-18-7-9-19(10-8-18)24(28)26-21-14-20(25)11-12-23(21)31-3/h5-14H,15H2,1-4H3,(H,26,28). The molecule has 0 saturated carbocycles. The van der Waals surface area contributed by atoms with E-state index in [4.69, 9.17) is 16.3 Å². The molecule has 1 N–H and O–H groups in total. The molecular formula is C24H25ClN2O4S. The number of sulfonamides is 1. The summed E-state index contributed by atoms with van der Waals surface area (Å²) >= 11 is 6.02. The SMILES string of the molecule is COc1ccc(Cl)cc1NC(=O)c1ccc(CN(c2cc(C)ccc2C)S(C)(=O)=O)cc1. The molecule has 0 heterocycles. The molecule has 0 aromatic heterocycles. The lowest BCUT2D eigenvalue weighted by Crippen LogP contribution is -2.30. The largest absolute Gasteiger partial charge is 0.495 e.